The third kappa shape index (κ3) is 3.50. The predicted octanol–water partition coefficient (Wildman–Crippen LogP) is 4.20. The van der Waals surface area contributed by atoms with Crippen molar-refractivity contribution in [2.75, 3.05) is 26.7 Å². The van der Waals surface area contributed by atoms with Gasteiger partial charge in [0.1, 0.15) is 5.75 Å². The van der Waals surface area contributed by atoms with Gasteiger partial charge in [0.2, 0.25) is 0 Å². The second kappa shape index (κ2) is 8.02. The Balaban J connectivity index is 1.54. The van der Waals surface area contributed by atoms with E-state index in [0.29, 0.717) is 11.6 Å². The molecule has 2 N–H and O–H groups in total. The van der Waals surface area contributed by atoms with Gasteiger partial charge < -0.3 is 14.8 Å². The normalized spacial score (nSPS) is 22.0. The standard InChI is InChI=1S/C25H29N3O3/c1-16-14-22(31-2)20(19-9-10-26-23(16)19)15-28-13-12-27-11-3-4-21(27)24(28)17-5-7-18(8-6-17)25(29)30/h5-10,14,21,24,26H,3-4,11-13,15H2,1-2H3,(H,29,30). The highest BCUT2D eigenvalue weighted by atomic mass is 16.5. The van der Waals surface area contributed by atoms with Crippen LogP contribution in [0.5, 0.6) is 5.75 Å². The number of carbonyl (C=O) groups is 1. The number of ether oxygens (including phenoxy) is 1. The molecule has 2 unspecified atom stereocenters. The van der Waals surface area contributed by atoms with Gasteiger partial charge in [0.15, 0.2) is 0 Å². The summed E-state index contributed by atoms with van der Waals surface area (Å²) in [6.45, 7) is 6.10. The maximum atomic E-state index is 11.3. The Morgan fingerprint density at radius 1 is 1.19 bits per heavy atom. The fraction of sp³-hybridized carbons (Fsp3) is 0.400. The third-order valence-electron chi connectivity index (χ3n) is 7.04. The molecular formula is C25H29N3O3. The predicted molar refractivity (Wildman–Crippen MR) is 121 cm³/mol. The number of methoxy groups -OCH3 is 1. The van der Waals surface area contributed by atoms with E-state index in [1.165, 1.54) is 34.9 Å². The van der Waals surface area contributed by atoms with Crippen LogP contribution in [-0.4, -0.2) is 58.6 Å². The van der Waals surface area contributed by atoms with E-state index >= 15 is 0 Å². The van der Waals surface area contributed by atoms with Crippen molar-refractivity contribution >= 4 is 16.9 Å². The molecule has 31 heavy (non-hydrogen) atoms. The SMILES string of the molecule is COc1cc(C)c2[nH]ccc2c1CN1CCN2CCCC2C1c1ccc(C(=O)O)cc1. The molecule has 2 atom stereocenters. The second-order valence-electron chi connectivity index (χ2n) is 8.73. The van der Waals surface area contributed by atoms with Gasteiger partial charge in [-0.15, -0.1) is 0 Å². The Morgan fingerprint density at radius 3 is 2.74 bits per heavy atom. The summed E-state index contributed by atoms with van der Waals surface area (Å²) in [4.78, 5) is 19.9. The molecule has 5 rings (SSSR count). The van der Waals surface area contributed by atoms with Crippen LogP contribution in [0.2, 0.25) is 0 Å². The molecule has 2 aromatic carbocycles. The van der Waals surface area contributed by atoms with Crippen LogP contribution in [0.25, 0.3) is 10.9 Å². The van der Waals surface area contributed by atoms with Crippen molar-refractivity contribution in [1.82, 2.24) is 14.8 Å². The van der Waals surface area contributed by atoms with E-state index in [-0.39, 0.29) is 6.04 Å². The summed E-state index contributed by atoms with van der Waals surface area (Å²) < 4.78 is 5.80. The number of nitrogens with zero attached hydrogens (tertiary/aromatic N) is 2. The van der Waals surface area contributed by atoms with Crippen molar-refractivity contribution in [2.24, 2.45) is 0 Å². The number of carboxylic acids is 1. The summed E-state index contributed by atoms with van der Waals surface area (Å²) in [5, 5.41) is 10.5. The van der Waals surface area contributed by atoms with E-state index < -0.39 is 5.97 Å². The van der Waals surface area contributed by atoms with Crippen LogP contribution in [0.3, 0.4) is 0 Å². The fourth-order valence-electron chi connectivity index (χ4n) is 5.54. The molecule has 0 saturated carbocycles. The summed E-state index contributed by atoms with van der Waals surface area (Å²) in [6.07, 6.45) is 4.39. The summed E-state index contributed by atoms with van der Waals surface area (Å²) in [5.74, 6) is 0.0483. The molecule has 2 saturated heterocycles. The highest BCUT2D eigenvalue weighted by Crippen LogP contribution is 2.40. The van der Waals surface area contributed by atoms with Crippen LogP contribution in [0, 0.1) is 6.92 Å². The van der Waals surface area contributed by atoms with Gasteiger partial charge in [0, 0.05) is 48.3 Å². The fourth-order valence-corrected chi connectivity index (χ4v) is 5.54. The lowest BCUT2D eigenvalue weighted by atomic mass is 9.92. The second-order valence-corrected chi connectivity index (χ2v) is 8.73. The first-order valence-corrected chi connectivity index (χ1v) is 11.0. The number of H-pyrrole nitrogens is 1. The molecule has 162 valence electrons. The van der Waals surface area contributed by atoms with Gasteiger partial charge >= 0.3 is 5.97 Å². The average molecular weight is 420 g/mol. The number of aromatic amines is 1. The van der Waals surface area contributed by atoms with Gasteiger partial charge in [-0.05, 0) is 61.7 Å². The number of aryl methyl sites for hydroxylation is 1. The molecule has 2 aliphatic rings. The molecule has 2 fully saturated rings. The van der Waals surface area contributed by atoms with Gasteiger partial charge in [0.25, 0.3) is 0 Å². The Labute approximate surface area is 182 Å². The molecule has 3 aromatic rings. The number of aromatic nitrogens is 1. The van der Waals surface area contributed by atoms with Gasteiger partial charge in [-0.25, -0.2) is 4.79 Å². The Morgan fingerprint density at radius 2 is 2.00 bits per heavy atom. The lowest BCUT2D eigenvalue weighted by Gasteiger charge is -2.45. The first-order chi connectivity index (χ1) is 15.1. The lowest BCUT2D eigenvalue weighted by Crippen LogP contribution is -2.51. The number of hydrogen-bond acceptors (Lipinski definition) is 4. The first kappa shape index (κ1) is 20.1. The summed E-state index contributed by atoms with van der Waals surface area (Å²) in [5.41, 5.74) is 5.09. The summed E-state index contributed by atoms with van der Waals surface area (Å²) in [6, 6.07) is 12.4. The zero-order valence-electron chi connectivity index (χ0n) is 18.1. The lowest BCUT2D eigenvalue weighted by molar-refractivity contribution is 0.0363. The topological polar surface area (TPSA) is 68.8 Å². The largest absolute Gasteiger partial charge is 0.496 e. The minimum Gasteiger partial charge on any atom is -0.496 e. The van der Waals surface area contributed by atoms with Crippen molar-refractivity contribution in [1.29, 1.82) is 0 Å². The van der Waals surface area contributed by atoms with Crippen LogP contribution in [0.15, 0.2) is 42.6 Å². The molecule has 0 bridgehead atoms. The maximum absolute atomic E-state index is 11.3. The number of piperazine rings is 1. The van der Waals surface area contributed by atoms with Crippen LogP contribution >= 0.6 is 0 Å². The van der Waals surface area contributed by atoms with E-state index in [4.69, 9.17) is 4.74 Å². The van der Waals surface area contributed by atoms with Gasteiger partial charge in [-0.3, -0.25) is 9.80 Å². The van der Waals surface area contributed by atoms with Crippen molar-refractivity contribution < 1.29 is 14.6 Å². The smallest absolute Gasteiger partial charge is 0.335 e. The third-order valence-corrected chi connectivity index (χ3v) is 7.04. The average Bonchev–Trinajstić information content (AvgIpc) is 3.45. The molecule has 6 nitrogen and oxygen atoms in total. The van der Waals surface area contributed by atoms with Crippen molar-refractivity contribution in [3.63, 3.8) is 0 Å². The number of hydrogen-bond donors (Lipinski definition) is 2. The number of benzene rings is 2. The Bertz CT molecular complexity index is 1110. The van der Waals surface area contributed by atoms with Crippen molar-refractivity contribution in [3.8, 4) is 5.75 Å². The van der Waals surface area contributed by atoms with E-state index in [1.54, 1.807) is 19.2 Å². The zero-order chi connectivity index (χ0) is 21.5. The monoisotopic (exact) mass is 419 g/mol. The Hall–Kier alpha value is -2.83. The minimum atomic E-state index is -0.881. The number of nitrogens with one attached hydrogen (secondary N) is 1. The Kier molecular flexibility index (Phi) is 5.20. The van der Waals surface area contributed by atoms with Crippen LogP contribution in [-0.2, 0) is 6.54 Å². The molecule has 0 aliphatic carbocycles. The van der Waals surface area contributed by atoms with Gasteiger partial charge in [-0.2, -0.15) is 0 Å². The molecular weight excluding hydrogens is 390 g/mol. The number of aromatic carboxylic acids is 1. The summed E-state index contributed by atoms with van der Waals surface area (Å²) in [7, 11) is 1.74. The first-order valence-electron chi connectivity index (χ1n) is 11.0. The van der Waals surface area contributed by atoms with Crippen LogP contribution in [0.1, 0.15) is 45.9 Å². The molecule has 6 heteroatoms. The van der Waals surface area contributed by atoms with Gasteiger partial charge in [-0.1, -0.05) is 12.1 Å². The molecule has 2 aliphatic heterocycles. The van der Waals surface area contributed by atoms with Crippen molar-refractivity contribution in [3.05, 3.63) is 64.8 Å². The number of fused-ring (bicyclic) bond motifs is 2. The van der Waals surface area contributed by atoms with Gasteiger partial charge in [0.05, 0.1) is 18.7 Å². The van der Waals surface area contributed by atoms with Crippen molar-refractivity contribution in [2.45, 2.75) is 38.4 Å². The summed E-state index contributed by atoms with van der Waals surface area (Å²) >= 11 is 0. The number of carboxylic acid groups (broad SMARTS) is 1. The highest BCUT2D eigenvalue weighted by Gasteiger charge is 2.40. The molecule has 0 amide bonds. The van der Waals surface area contributed by atoms with Crippen LogP contribution in [0.4, 0.5) is 0 Å². The van der Waals surface area contributed by atoms with E-state index in [2.05, 4.69) is 33.8 Å². The number of rotatable bonds is 5. The van der Waals surface area contributed by atoms with E-state index in [0.717, 1.165) is 37.4 Å². The van der Waals surface area contributed by atoms with E-state index in [9.17, 15) is 9.90 Å². The quantitative estimate of drug-likeness (QED) is 0.649. The zero-order valence-corrected chi connectivity index (χ0v) is 18.1. The maximum Gasteiger partial charge on any atom is 0.335 e. The molecule has 0 radical (unpaired) electrons. The highest BCUT2D eigenvalue weighted by molar-refractivity contribution is 5.88. The van der Waals surface area contributed by atoms with Crippen LogP contribution < -0.4 is 4.74 Å². The molecule has 0 spiro atoms. The molecule has 1 aromatic heterocycles. The van der Waals surface area contributed by atoms with E-state index in [1.807, 2.05) is 18.3 Å². The minimum absolute atomic E-state index is 0.235. The molecule has 3 heterocycles.